The second-order valence-corrected chi connectivity index (χ2v) is 3.11. The van der Waals surface area contributed by atoms with E-state index >= 15 is 0 Å². The highest BCUT2D eigenvalue weighted by Crippen LogP contribution is 2.27. The van der Waals surface area contributed by atoms with Gasteiger partial charge >= 0.3 is 0 Å². The summed E-state index contributed by atoms with van der Waals surface area (Å²) < 4.78 is 0. The number of nitrogen functional groups attached to an aromatic ring is 1. The van der Waals surface area contributed by atoms with Crippen molar-refractivity contribution >= 4 is 11.4 Å². The van der Waals surface area contributed by atoms with Crippen LogP contribution in [0.25, 0.3) is 0 Å². The van der Waals surface area contributed by atoms with E-state index in [4.69, 9.17) is 5.73 Å². The van der Waals surface area contributed by atoms with Gasteiger partial charge in [0.1, 0.15) is 5.69 Å². The summed E-state index contributed by atoms with van der Waals surface area (Å²) in [6.45, 7) is 5.38. The maximum atomic E-state index is 10.6. The van der Waals surface area contributed by atoms with E-state index in [9.17, 15) is 10.1 Å². The lowest BCUT2D eigenvalue weighted by Crippen LogP contribution is -2.00. The zero-order valence-electron chi connectivity index (χ0n) is 7.99. The van der Waals surface area contributed by atoms with Crippen LogP contribution in [0.2, 0.25) is 0 Å². The van der Waals surface area contributed by atoms with Crippen LogP contribution >= 0.6 is 0 Å². The predicted octanol–water partition coefficient (Wildman–Crippen LogP) is 2.21. The first kappa shape index (κ1) is 10.2. The average Bonchev–Trinajstić information content (AvgIpc) is 2.10. The van der Waals surface area contributed by atoms with Crippen molar-refractivity contribution in [3.63, 3.8) is 0 Å². The van der Waals surface area contributed by atoms with E-state index in [1.807, 2.05) is 6.07 Å². The fourth-order valence-electron chi connectivity index (χ4n) is 1.33. The third-order valence-electron chi connectivity index (χ3n) is 1.95. The van der Waals surface area contributed by atoms with Crippen LogP contribution in [0.15, 0.2) is 24.8 Å². The van der Waals surface area contributed by atoms with Crippen molar-refractivity contribution in [2.24, 2.45) is 0 Å². The summed E-state index contributed by atoms with van der Waals surface area (Å²) in [6, 6.07) is 3.31. The molecule has 2 N–H and O–H groups in total. The van der Waals surface area contributed by atoms with Crippen LogP contribution in [0, 0.1) is 17.0 Å². The third-order valence-corrected chi connectivity index (χ3v) is 1.95. The number of aryl methyl sites for hydroxylation is 1. The van der Waals surface area contributed by atoms with Crippen molar-refractivity contribution in [3.05, 3.63) is 46.0 Å². The first-order valence-electron chi connectivity index (χ1n) is 4.20. The van der Waals surface area contributed by atoms with Crippen LogP contribution in [0.4, 0.5) is 11.4 Å². The number of nitro benzene ring substituents is 1. The molecule has 1 aromatic rings. The lowest BCUT2D eigenvalue weighted by Gasteiger charge is -2.05. The van der Waals surface area contributed by atoms with Gasteiger partial charge in [0.05, 0.1) is 4.92 Å². The third kappa shape index (κ3) is 1.90. The minimum absolute atomic E-state index is 0.0261. The number of nitrogens with two attached hydrogens (primary N) is 1. The van der Waals surface area contributed by atoms with E-state index in [0.29, 0.717) is 6.42 Å². The van der Waals surface area contributed by atoms with Gasteiger partial charge in [-0.2, -0.15) is 0 Å². The molecule has 74 valence electrons. The van der Waals surface area contributed by atoms with Gasteiger partial charge < -0.3 is 5.73 Å². The molecule has 0 aromatic heterocycles. The van der Waals surface area contributed by atoms with Crippen LogP contribution in [0.5, 0.6) is 0 Å². The number of rotatable bonds is 3. The highest BCUT2D eigenvalue weighted by atomic mass is 16.6. The Morgan fingerprint density at radius 3 is 2.79 bits per heavy atom. The number of allylic oxidation sites excluding steroid dienone is 1. The number of benzene rings is 1. The summed E-state index contributed by atoms with van der Waals surface area (Å²) in [7, 11) is 0. The Kier molecular flexibility index (Phi) is 2.86. The number of anilines is 1. The van der Waals surface area contributed by atoms with Crippen molar-refractivity contribution in [1.82, 2.24) is 0 Å². The fourth-order valence-corrected chi connectivity index (χ4v) is 1.33. The number of hydrogen-bond donors (Lipinski definition) is 1. The Labute approximate surface area is 82.2 Å². The molecular weight excluding hydrogens is 180 g/mol. The molecule has 14 heavy (non-hydrogen) atoms. The van der Waals surface area contributed by atoms with Gasteiger partial charge in [-0.15, -0.1) is 6.58 Å². The van der Waals surface area contributed by atoms with E-state index < -0.39 is 4.92 Å². The van der Waals surface area contributed by atoms with Crippen LogP contribution in [-0.2, 0) is 6.42 Å². The fraction of sp³-hybridized carbons (Fsp3) is 0.200. The zero-order valence-corrected chi connectivity index (χ0v) is 7.99. The average molecular weight is 192 g/mol. The number of nitrogens with zero attached hydrogens (tertiary/aromatic N) is 1. The van der Waals surface area contributed by atoms with E-state index in [2.05, 4.69) is 6.58 Å². The van der Waals surface area contributed by atoms with Gasteiger partial charge in [0.15, 0.2) is 0 Å². The lowest BCUT2D eigenvalue weighted by atomic mass is 10.0. The molecule has 1 rings (SSSR count). The molecule has 0 aliphatic carbocycles. The molecule has 0 saturated heterocycles. The second-order valence-electron chi connectivity index (χ2n) is 3.11. The van der Waals surface area contributed by atoms with Gasteiger partial charge in [-0.25, -0.2) is 0 Å². The Bertz CT molecular complexity index is 386. The van der Waals surface area contributed by atoms with Gasteiger partial charge in [-0.3, -0.25) is 10.1 Å². The predicted molar refractivity (Wildman–Crippen MR) is 56.1 cm³/mol. The Hall–Kier alpha value is -1.84. The largest absolute Gasteiger partial charge is 0.393 e. The first-order chi connectivity index (χ1) is 6.56. The van der Waals surface area contributed by atoms with E-state index in [1.165, 1.54) is 6.07 Å². The molecule has 0 bridgehead atoms. The molecule has 0 atom stereocenters. The molecule has 0 spiro atoms. The van der Waals surface area contributed by atoms with E-state index in [0.717, 1.165) is 11.1 Å². The highest BCUT2D eigenvalue weighted by Gasteiger charge is 2.14. The van der Waals surface area contributed by atoms with Crippen LogP contribution in [-0.4, -0.2) is 4.92 Å². The van der Waals surface area contributed by atoms with Crippen molar-refractivity contribution < 1.29 is 4.92 Å². The molecule has 0 fully saturated rings. The Morgan fingerprint density at radius 2 is 2.29 bits per heavy atom. The summed E-state index contributed by atoms with van der Waals surface area (Å²) in [6.07, 6.45) is 2.23. The normalized spacial score (nSPS) is 9.79. The molecule has 1 aromatic carbocycles. The van der Waals surface area contributed by atoms with Crippen molar-refractivity contribution in [3.8, 4) is 0 Å². The Balaban J connectivity index is 3.31. The van der Waals surface area contributed by atoms with E-state index in [-0.39, 0.29) is 11.4 Å². The smallest absolute Gasteiger partial charge is 0.292 e. The van der Waals surface area contributed by atoms with Crippen molar-refractivity contribution in [2.75, 3.05) is 5.73 Å². The topological polar surface area (TPSA) is 69.2 Å². The van der Waals surface area contributed by atoms with Crippen molar-refractivity contribution in [1.29, 1.82) is 0 Å². The van der Waals surface area contributed by atoms with Gasteiger partial charge in [0.2, 0.25) is 0 Å². The molecule has 4 nitrogen and oxygen atoms in total. The maximum absolute atomic E-state index is 10.6. The summed E-state index contributed by atoms with van der Waals surface area (Å²) >= 11 is 0. The van der Waals surface area contributed by atoms with Crippen molar-refractivity contribution in [2.45, 2.75) is 13.3 Å². The van der Waals surface area contributed by atoms with Gasteiger partial charge in [0.25, 0.3) is 5.69 Å². The number of nitro groups is 1. The number of hydrogen-bond acceptors (Lipinski definition) is 3. The van der Waals surface area contributed by atoms with Gasteiger partial charge in [0, 0.05) is 6.07 Å². The van der Waals surface area contributed by atoms with Crippen LogP contribution in [0.1, 0.15) is 11.1 Å². The molecule has 0 saturated carbocycles. The molecule has 0 aliphatic rings. The van der Waals surface area contributed by atoms with Gasteiger partial charge in [-0.05, 0) is 24.5 Å². The molecule has 4 heteroatoms. The van der Waals surface area contributed by atoms with Gasteiger partial charge in [-0.1, -0.05) is 12.1 Å². The summed E-state index contributed by atoms with van der Waals surface area (Å²) in [5, 5.41) is 10.6. The summed E-state index contributed by atoms with van der Waals surface area (Å²) in [5.41, 5.74) is 7.45. The van der Waals surface area contributed by atoms with Crippen LogP contribution in [0.3, 0.4) is 0 Å². The van der Waals surface area contributed by atoms with Crippen LogP contribution < -0.4 is 5.73 Å². The molecular formula is C10H12N2O2. The molecule has 0 heterocycles. The molecule has 0 aliphatic heterocycles. The quantitative estimate of drug-likeness (QED) is 0.345. The first-order valence-corrected chi connectivity index (χ1v) is 4.20. The summed E-state index contributed by atoms with van der Waals surface area (Å²) in [4.78, 5) is 10.2. The van der Waals surface area contributed by atoms with E-state index in [1.54, 1.807) is 13.0 Å². The SMILES string of the molecule is C=CCc1cc(C)cc([N+](=O)[O-])c1N. The monoisotopic (exact) mass is 192 g/mol. The molecule has 0 amide bonds. The maximum Gasteiger partial charge on any atom is 0.292 e. The molecule has 0 radical (unpaired) electrons. The minimum atomic E-state index is -0.463. The highest BCUT2D eigenvalue weighted by molar-refractivity contribution is 5.64. The minimum Gasteiger partial charge on any atom is -0.393 e. The zero-order chi connectivity index (χ0) is 10.7. The lowest BCUT2D eigenvalue weighted by molar-refractivity contribution is -0.384. The Morgan fingerprint density at radius 1 is 1.64 bits per heavy atom. The summed E-state index contributed by atoms with van der Waals surface area (Å²) in [5.74, 6) is 0. The second kappa shape index (κ2) is 3.91. The molecule has 0 unspecified atom stereocenters. The standard InChI is InChI=1S/C10H12N2O2/c1-3-4-8-5-7(2)6-9(10(8)11)12(13)14/h3,5-6H,1,4,11H2,2H3.